The molecule has 18 heavy (non-hydrogen) atoms. The Kier molecular flexibility index (Phi) is 4.40. The van der Waals surface area contributed by atoms with Gasteiger partial charge < -0.3 is 9.69 Å². The van der Waals surface area contributed by atoms with Crippen LogP contribution in [-0.4, -0.2) is 18.9 Å². The molecule has 0 N–H and O–H groups in total. The van der Waals surface area contributed by atoms with Gasteiger partial charge in [-0.05, 0) is 50.7 Å². The lowest BCUT2D eigenvalue weighted by molar-refractivity contribution is -0.117. The molecule has 1 heterocycles. The van der Waals surface area contributed by atoms with Crippen LogP contribution in [0.4, 0.5) is 5.69 Å². The number of ketones is 1. The van der Waals surface area contributed by atoms with Gasteiger partial charge in [0, 0.05) is 25.2 Å². The van der Waals surface area contributed by atoms with Crippen LogP contribution in [0.3, 0.4) is 0 Å². The summed E-state index contributed by atoms with van der Waals surface area (Å²) in [6, 6.07) is 6.56. The van der Waals surface area contributed by atoms with E-state index in [0.717, 1.165) is 12.8 Å². The molecular formula is C16H23NO. The van der Waals surface area contributed by atoms with Gasteiger partial charge in [-0.2, -0.15) is 0 Å². The monoisotopic (exact) mass is 245 g/mol. The van der Waals surface area contributed by atoms with Crippen LogP contribution in [-0.2, 0) is 11.2 Å². The van der Waals surface area contributed by atoms with Crippen LogP contribution in [0.2, 0.25) is 0 Å². The summed E-state index contributed by atoms with van der Waals surface area (Å²) in [5.41, 5.74) is 4.22. The number of benzene rings is 1. The quantitative estimate of drug-likeness (QED) is 0.791. The third kappa shape index (κ3) is 3.12. The van der Waals surface area contributed by atoms with E-state index in [0.29, 0.717) is 12.2 Å². The smallest absolute Gasteiger partial charge is 0.129 e. The molecule has 0 radical (unpaired) electrons. The molecule has 1 fully saturated rings. The Morgan fingerprint density at radius 2 is 2.00 bits per heavy atom. The summed E-state index contributed by atoms with van der Waals surface area (Å²) in [6.07, 6.45) is 5.31. The van der Waals surface area contributed by atoms with Crippen LogP contribution in [0.15, 0.2) is 18.2 Å². The maximum absolute atomic E-state index is 11.0. The summed E-state index contributed by atoms with van der Waals surface area (Å²) >= 11 is 0. The van der Waals surface area contributed by atoms with Crippen molar-refractivity contribution in [3.05, 3.63) is 29.3 Å². The molecule has 0 saturated carbocycles. The highest BCUT2D eigenvalue weighted by atomic mass is 16.1. The predicted molar refractivity (Wildman–Crippen MR) is 76.2 cm³/mol. The summed E-state index contributed by atoms with van der Waals surface area (Å²) in [4.78, 5) is 13.5. The second kappa shape index (κ2) is 6.03. The number of Topliss-reactive ketones (excluding diaryl/α,β-unsaturated/α-hetero) is 1. The van der Waals surface area contributed by atoms with Crippen LogP contribution in [0.5, 0.6) is 0 Å². The predicted octanol–water partition coefficient (Wildman–Crippen LogP) is 3.51. The Hall–Kier alpha value is -1.31. The van der Waals surface area contributed by atoms with Crippen molar-refractivity contribution in [3.8, 4) is 0 Å². The molecule has 0 atom stereocenters. The summed E-state index contributed by atoms with van der Waals surface area (Å²) in [6.45, 7) is 6.24. The van der Waals surface area contributed by atoms with Crippen LogP contribution in [0.25, 0.3) is 0 Å². The van der Waals surface area contributed by atoms with Crippen molar-refractivity contribution in [1.82, 2.24) is 0 Å². The molecule has 2 nitrogen and oxygen atoms in total. The molecule has 98 valence electrons. The summed E-state index contributed by atoms with van der Waals surface area (Å²) in [7, 11) is 0. The average Bonchev–Trinajstić information content (AvgIpc) is 2.82. The Labute approximate surface area is 110 Å². The van der Waals surface area contributed by atoms with Gasteiger partial charge in [0.1, 0.15) is 5.78 Å². The van der Waals surface area contributed by atoms with Crippen molar-refractivity contribution in [1.29, 1.82) is 0 Å². The molecular weight excluding hydrogens is 222 g/mol. The van der Waals surface area contributed by atoms with Crippen molar-refractivity contribution in [3.63, 3.8) is 0 Å². The van der Waals surface area contributed by atoms with E-state index in [1.807, 2.05) is 0 Å². The molecule has 2 heteroatoms. The summed E-state index contributed by atoms with van der Waals surface area (Å²) in [5, 5.41) is 0. The second-order valence-electron chi connectivity index (χ2n) is 5.33. The van der Waals surface area contributed by atoms with Crippen LogP contribution < -0.4 is 4.90 Å². The Morgan fingerprint density at radius 3 is 2.67 bits per heavy atom. The zero-order valence-electron chi connectivity index (χ0n) is 11.5. The molecule has 0 unspecified atom stereocenters. The minimum absolute atomic E-state index is 0.297. The SMILES string of the molecule is CC(=O)CCCc1cccc(C)c1N1CCCC1. The third-order valence-electron chi connectivity index (χ3n) is 3.72. The minimum atomic E-state index is 0.297. The number of hydrogen-bond acceptors (Lipinski definition) is 2. The maximum atomic E-state index is 11.0. The van der Waals surface area contributed by atoms with Gasteiger partial charge >= 0.3 is 0 Å². The maximum Gasteiger partial charge on any atom is 0.129 e. The van der Waals surface area contributed by atoms with E-state index in [1.165, 1.54) is 42.7 Å². The van der Waals surface area contributed by atoms with Gasteiger partial charge in [0.2, 0.25) is 0 Å². The van der Waals surface area contributed by atoms with Crippen molar-refractivity contribution in [2.45, 2.75) is 46.0 Å². The fraction of sp³-hybridized carbons (Fsp3) is 0.562. The second-order valence-corrected chi connectivity index (χ2v) is 5.33. The average molecular weight is 245 g/mol. The highest BCUT2D eigenvalue weighted by Gasteiger charge is 2.17. The normalized spacial score (nSPS) is 15.1. The van der Waals surface area contributed by atoms with E-state index < -0.39 is 0 Å². The number of hydrogen-bond donors (Lipinski definition) is 0. The van der Waals surface area contributed by atoms with E-state index in [1.54, 1.807) is 6.92 Å². The molecule has 1 aliphatic rings. The minimum Gasteiger partial charge on any atom is -0.371 e. The standard InChI is InChI=1S/C16H23NO/c1-13-7-5-9-15(10-6-8-14(2)18)16(13)17-11-3-4-12-17/h5,7,9H,3-4,6,8,10-12H2,1-2H3. The third-order valence-corrected chi connectivity index (χ3v) is 3.72. The lowest BCUT2D eigenvalue weighted by Crippen LogP contribution is -2.20. The largest absolute Gasteiger partial charge is 0.371 e. The summed E-state index contributed by atoms with van der Waals surface area (Å²) in [5.74, 6) is 0.297. The number of para-hydroxylation sites is 1. The Balaban J connectivity index is 2.12. The van der Waals surface area contributed by atoms with E-state index in [-0.39, 0.29) is 0 Å². The zero-order valence-corrected chi connectivity index (χ0v) is 11.5. The molecule has 0 aromatic heterocycles. The first-order valence-electron chi connectivity index (χ1n) is 7.01. The van der Waals surface area contributed by atoms with Gasteiger partial charge in [-0.3, -0.25) is 0 Å². The number of anilines is 1. The fourth-order valence-corrected chi connectivity index (χ4v) is 2.84. The van der Waals surface area contributed by atoms with Gasteiger partial charge in [0.15, 0.2) is 0 Å². The molecule has 1 aliphatic heterocycles. The zero-order chi connectivity index (χ0) is 13.0. The Morgan fingerprint density at radius 1 is 1.28 bits per heavy atom. The lowest BCUT2D eigenvalue weighted by atomic mass is 10.0. The van der Waals surface area contributed by atoms with Gasteiger partial charge in [0.25, 0.3) is 0 Å². The first-order chi connectivity index (χ1) is 8.68. The number of aryl methyl sites for hydroxylation is 2. The van der Waals surface area contributed by atoms with E-state index in [2.05, 4.69) is 30.0 Å². The number of nitrogens with zero attached hydrogens (tertiary/aromatic N) is 1. The van der Waals surface area contributed by atoms with E-state index in [9.17, 15) is 4.79 Å². The van der Waals surface area contributed by atoms with Crippen molar-refractivity contribution in [2.75, 3.05) is 18.0 Å². The van der Waals surface area contributed by atoms with Gasteiger partial charge in [-0.1, -0.05) is 18.2 Å². The molecule has 2 rings (SSSR count). The highest BCUT2D eigenvalue weighted by molar-refractivity contribution is 5.75. The molecule has 1 aromatic rings. The number of rotatable bonds is 5. The first kappa shape index (κ1) is 13.1. The van der Waals surface area contributed by atoms with E-state index in [4.69, 9.17) is 0 Å². The topological polar surface area (TPSA) is 20.3 Å². The molecule has 0 aliphatic carbocycles. The summed E-state index contributed by atoms with van der Waals surface area (Å²) < 4.78 is 0. The fourth-order valence-electron chi connectivity index (χ4n) is 2.84. The molecule has 1 aromatic carbocycles. The molecule has 0 amide bonds. The van der Waals surface area contributed by atoms with Crippen LogP contribution in [0, 0.1) is 6.92 Å². The molecule has 0 bridgehead atoms. The lowest BCUT2D eigenvalue weighted by Gasteiger charge is -2.23. The molecule has 1 saturated heterocycles. The first-order valence-corrected chi connectivity index (χ1v) is 7.01. The van der Waals surface area contributed by atoms with Gasteiger partial charge in [0.05, 0.1) is 0 Å². The van der Waals surface area contributed by atoms with Crippen LogP contribution >= 0.6 is 0 Å². The van der Waals surface area contributed by atoms with Gasteiger partial charge in [-0.25, -0.2) is 0 Å². The highest BCUT2D eigenvalue weighted by Crippen LogP contribution is 2.29. The van der Waals surface area contributed by atoms with Gasteiger partial charge in [-0.15, -0.1) is 0 Å². The van der Waals surface area contributed by atoms with Crippen molar-refractivity contribution in [2.24, 2.45) is 0 Å². The number of carbonyl (C=O) groups is 1. The van der Waals surface area contributed by atoms with E-state index >= 15 is 0 Å². The van der Waals surface area contributed by atoms with Crippen LogP contribution in [0.1, 0.15) is 43.7 Å². The molecule has 0 spiro atoms. The van der Waals surface area contributed by atoms with Crippen molar-refractivity contribution >= 4 is 11.5 Å². The number of carbonyl (C=O) groups excluding carboxylic acids is 1. The van der Waals surface area contributed by atoms with Crippen molar-refractivity contribution < 1.29 is 4.79 Å². The Bertz CT molecular complexity index is 419.